The molecule has 0 spiro atoms. The van der Waals surface area contributed by atoms with Crippen LogP contribution in [0.25, 0.3) is 0 Å². The fourth-order valence-electron chi connectivity index (χ4n) is 2.77. The zero-order valence-corrected chi connectivity index (χ0v) is 10.3. The van der Waals surface area contributed by atoms with Gasteiger partial charge in [0, 0.05) is 12.6 Å². The molecular formula is C13H27NO. The molecule has 0 aliphatic heterocycles. The summed E-state index contributed by atoms with van der Waals surface area (Å²) in [7, 11) is 0. The van der Waals surface area contributed by atoms with Gasteiger partial charge in [-0.25, -0.2) is 0 Å². The van der Waals surface area contributed by atoms with Gasteiger partial charge < -0.3 is 10.4 Å². The van der Waals surface area contributed by atoms with Crippen LogP contribution in [0.1, 0.15) is 52.4 Å². The number of hydrogen-bond acceptors (Lipinski definition) is 2. The first-order chi connectivity index (χ1) is 7.25. The van der Waals surface area contributed by atoms with Gasteiger partial charge in [-0.2, -0.15) is 0 Å². The lowest BCUT2D eigenvalue weighted by Gasteiger charge is -2.35. The Bertz CT molecular complexity index is 151. The van der Waals surface area contributed by atoms with E-state index in [0.717, 1.165) is 37.3 Å². The van der Waals surface area contributed by atoms with Crippen molar-refractivity contribution in [2.24, 2.45) is 11.8 Å². The molecular weight excluding hydrogens is 186 g/mol. The van der Waals surface area contributed by atoms with Crippen molar-refractivity contribution in [2.75, 3.05) is 13.2 Å². The fraction of sp³-hybridized carbons (Fsp3) is 1.00. The Hall–Kier alpha value is -0.0800. The SMILES string of the molecule is CC1CCCC(C)C1NCCCCCO. The molecule has 15 heavy (non-hydrogen) atoms. The van der Waals surface area contributed by atoms with E-state index >= 15 is 0 Å². The minimum absolute atomic E-state index is 0.343. The second-order valence-electron chi connectivity index (χ2n) is 5.15. The van der Waals surface area contributed by atoms with Gasteiger partial charge in [-0.3, -0.25) is 0 Å². The van der Waals surface area contributed by atoms with Crippen molar-refractivity contribution in [3.8, 4) is 0 Å². The molecule has 90 valence electrons. The molecule has 1 fully saturated rings. The van der Waals surface area contributed by atoms with Crippen molar-refractivity contribution in [2.45, 2.75) is 58.4 Å². The van der Waals surface area contributed by atoms with Crippen molar-refractivity contribution >= 4 is 0 Å². The molecule has 2 nitrogen and oxygen atoms in total. The molecule has 2 N–H and O–H groups in total. The molecule has 0 aromatic rings. The lowest BCUT2D eigenvalue weighted by molar-refractivity contribution is 0.207. The average molecular weight is 213 g/mol. The van der Waals surface area contributed by atoms with Crippen LogP contribution in [0.4, 0.5) is 0 Å². The summed E-state index contributed by atoms with van der Waals surface area (Å²) in [6.07, 6.45) is 7.50. The van der Waals surface area contributed by atoms with E-state index in [1.54, 1.807) is 0 Å². The molecule has 2 atom stereocenters. The van der Waals surface area contributed by atoms with Gasteiger partial charge in [-0.15, -0.1) is 0 Å². The minimum Gasteiger partial charge on any atom is -0.396 e. The molecule has 0 aromatic carbocycles. The second-order valence-corrected chi connectivity index (χ2v) is 5.15. The number of unbranched alkanes of at least 4 members (excludes halogenated alkanes) is 2. The van der Waals surface area contributed by atoms with Crippen molar-refractivity contribution < 1.29 is 5.11 Å². The summed E-state index contributed by atoms with van der Waals surface area (Å²) in [4.78, 5) is 0. The van der Waals surface area contributed by atoms with Crippen LogP contribution in [0.2, 0.25) is 0 Å². The Balaban J connectivity index is 2.12. The maximum atomic E-state index is 8.68. The van der Waals surface area contributed by atoms with Crippen LogP contribution in [-0.4, -0.2) is 24.3 Å². The molecule has 1 aliphatic carbocycles. The highest BCUT2D eigenvalue weighted by Gasteiger charge is 2.26. The van der Waals surface area contributed by atoms with Crippen LogP contribution in [0, 0.1) is 11.8 Å². The zero-order valence-electron chi connectivity index (χ0n) is 10.3. The third-order valence-corrected chi connectivity index (χ3v) is 3.76. The maximum Gasteiger partial charge on any atom is 0.0431 e. The van der Waals surface area contributed by atoms with E-state index in [1.165, 1.54) is 25.7 Å². The molecule has 0 heterocycles. The van der Waals surface area contributed by atoms with Crippen molar-refractivity contribution in [1.82, 2.24) is 5.32 Å². The third kappa shape index (κ3) is 4.52. The molecule has 1 rings (SSSR count). The first-order valence-electron chi connectivity index (χ1n) is 6.60. The average Bonchev–Trinajstić information content (AvgIpc) is 2.21. The largest absolute Gasteiger partial charge is 0.396 e. The van der Waals surface area contributed by atoms with Gasteiger partial charge in [0.2, 0.25) is 0 Å². The lowest BCUT2D eigenvalue weighted by atomic mass is 9.79. The van der Waals surface area contributed by atoms with E-state index in [-0.39, 0.29) is 0 Å². The number of rotatable bonds is 6. The topological polar surface area (TPSA) is 32.3 Å². The molecule has 1 aliphatic rings. The Morgan fingerprint density at radius 1 is 1.07 bits per heavy atom. The number of aliphatic hydroxyl groups excluding tert-OH is 1. The first-order valence-corrected chi connectivity index (χ1v) is 6.60. The van der Waals surface area contributed by atoms with Crippen LogP contribution in [0.3, 0.4) is 0 Å². The monoisotopic (exact) mass is 213 g/mol. The van der Waals surface area contributed by atoms with E-state index in [9.17, 15) is 0 Å². The highest BCUT2D eigenvalue weighted by molar-refractivity contribution is 4.83. The van der Waals surface area contributed by atoms with Crippen LogP contribution in [-0.2, 0) is 0 Å². The highest BCUT2D eigenvalue weighted by atomic mass is 16.2. The quantitative estimate of drug-likeness (QED) is 0.665. The van der Waals surface area contributed by atoms with Gasteiger partial charge in [-0.05, 0) is 50.5 Å². The molecule has 0 amide bonds. The van der Waals surface area contributed by atoms with Crippen molar-refractivity contribution in [1.29, 1.82) is 0 Å². The summed E-state index contributed by atoms with van der Waals surface area (Å²) in [5.74, 6) is 1.68. The third-order valence-electron chi connectivity index (χ3n) is 3.76. The lowest BCUT2D eigenvalue weighted by Crippen LogP contribution is -2.43. The Labute approximate surface area is 94.5 Å². The highest BCUT2D eigenvalue weighted by Crippen LogP contribution is 2.28. The first kappa shape index (κ1) is 13.0. The Kier molecular flexibility index (Phi) is 6.26. The second kappa shape index (κ2) is 7.24. The minimum atomic E-state index is 0.343. The van der Waals surface area contributed by atoms with Crippen LogP contribution in [0.15, 0.2) is 0 Å². The molecule has 2 unspecified atom stereocenters. The molecule has 2 heteroatoms. The van der Waals surface area contributed by atoms with Gasteiger partial charge in [0.25, 0.3) is 0 Å². The normalized spacial score (nSPS) is 31.8. The van der Waals surface area contributed by atoms with Crippen molar-refractivity contribution in [3.63, 3.8) is 0 Å². The van der Waals surface area contributed by atoms with Gasteiger partial charge in [0.05, 0.1) is 0 Å². The number of nitrogens with one attached hydrogen (secondary N) is 1. The van der Waals surface area contributed by atoms with E-state index < -0.39 is 0 Å². The van der Waals surface area contributed by atoms with E-state index in [4.69, 9.17) is 5.11 Å². The van der Waals surface area contributed by atoms with Gasteiger partial charge in [-0.1, -0.05) is 20.3 Å². The summed E-state index contributed by atoms with van der Waals surface area (Å²) >= 11 is 0. The van der Waals surface area contributed by atoms with Gasteiger partial charge in [0.1, 0.15) is 0 Å². The molecule has 0 radical (unpaired) electrons. The van der Waals surface area contributed by atoms with Gasteiger partial charge in [0.15, 0.2) is 0 Å². The Morgan fingerprint density at radius 3 is 2.33 bits per heavy atom. The molecule has 0 bridgehead atoms. The standard InChI is InChI=1S/C13H27NO/c1-11-7-6-8-12(2)13(11)14-9-4-3-5-10-15/h11-15H,3-10H2,1-2H3. The van der Waals surface area contributed by atoms with E-state index in [2.05, 4.69) is 19.2 Å². The molecule has 0 aromatic heterocycles. The van der Waals surface area contributed by atoms with Crippen LogP contribution >= 0.6 is 0 Å². The Morgan fingerprint density at radius 2 is 1.73 bits per heavy atom. The summed E-state index contributed by atoms with van der Waals surface area (Å²) in [6.45, 7) is 6.22. The maximum absolute atomic E-state index is 8.68. The number of aliphatic hydroxyl groups is 1. The summed E-state index contributed by atoms with van der Waals surface area (Å²) in [5.41, 5.74) is 0. The summed E-state index contributed by atoms with van der Waals surface area (Å²) in [6, 6.07) is 0.730. The van der Waals surface area contributed by atoms with E-state index in [1.807, 2.05) is 0 Å². The predicted molar refractivity (Wildman–Crippen MR) is 64.9 cm³/mol. The molecule has 1 saturated carbocycles. The van der Waals surface area contributed by atoms with Gasteiger partial charge >= 0.3 is 0 Å². The summed E-state index contributed by atoms with van der Waals surface area (Å²) < 4.78 is 0. The van der Waals surface area contributed by atoms with E-state index in [0.29, 0.717) is 6.61 Å². The zero-order chi connectivity index (χ0) is 11.1. The fourth-order valence-corrected chi connectivity index (χ4v) is 2.77. The van der Waals surface area contributed by atoms with Crippen LogP contribution in [0.5, 0.6) is 0 Å². The van der Waals surface area contributed by atoms with Crippen LogP contribution < -0.4 is 5.32 Å². The smallest absolute Gasteiger partial charge is 0.0431 e. The molecule has 0 saturated heterocycles. The number of hydrogen-bond donors (Lipinski definition) is 2. The van der Waals surface area contributed by atoms with Crippen molar-refractivity contribution in [3.05, 3.63) is 0 Å². The predicted octanol–water partition coefficient (Wildman–Crippen LogP) is 2.56. The summed E-state index contributed by atoms with van der Waals surface area (Å²) in [5, 5.41) is 12.4.